The monoisotopic (exact) mass is 1120 g/mol. The van der Waals surface area contributed by atoms with E-state index >= 15 is 0 Å². The summed E-state index contributed by atoms with van der Waals surface area (Å²) in [5.41, 5.74) is 9.46. The quantitative estimate of drug-likeness (QED) is 0.0128. The summed E-state index contributed by atoms with van der Waals surface area (Å²) in [5.74, 6) is 0.618. The minimum atomic E-state index is -4.18. The number of nitrogens with one attached hydrogen (secondary N) is 1. The van der Waals surface area contributed by atoms with Crippen LogP contribution >= 0.6 is 35.7 Å². The van der Waals surface area contributed by atoms with E-state index in [4.69, 9.17) is 22.1 Å². The molecule has 3 aliphatic heterocycles. The maximum Gasteiger partial charge on any atom is 0.265 e. The Labute approximate surface area is 460 Å². The molecule has 0 saturated heterocycles. The molecule has 2 amide bonds. The Balaban J connectivity index is 1.12. The fraction of sp³-hybridized carbons (Fsp3) is 0.446. The standard InChI is InChI=1S/C56H70ClN5O11S3/c1-40-20-29-52(64)60(40)35-30-58-51(63)19-7-6-10-33-62-48-25-21-41-15-8-9-18-45(41)53(48)56(4,5)50(62)28-23-43-17-11-16-42(54(43)57)22-27-49-55(2,3)46-39-44(24-26-47(46)61(49)34-14-38-76(67,68)69)59(31-12-36-74-72-70-65)32-13-37-75-73-71-66/h8-9,15,18,20-29,39H,1,6-7,10-14,16-17,19,30-38H2,2-5H3,(H3-,58,63,65,66,67,68,69)/p+1. The van der Waals surface area contributed by atoms with Crippen LogP contribution in [0.3, 0.4) is 0 Å². The van der Waals surface area contributed by atoms with Gasteiger partial charge in [-0.2, -0.15) is 13.0 Å². The Morgan fingerprint density at radius 1 is 0.882 bits per heavy atom. The molecule has 0 saturated carbocycles. The number of hydrogen-bond acceptors (Lipinski definition) is 14. The van der Waals surface area contributed by atoms with Crippen LogP contribution in [-0.4, -0.2) is 107 Å². The predicted molar refractivity (Wildman–Crippen MR) is 304 cm³/mol. The smallest absolute Gasteiger partial charge is 0.265 e. The highest BCUT2D eigenvalue weighted by Crippen LogP contribution is 2.51. The van der Waals surface area contributed by atoms with Crippen LogP contribution in [0.2, 0.25) is 0 Å². The van der Waals surface area contributed by atoms with Gasteiger partial charge < -0.3 is 20.0 Å². The van der Waals surface area contributed by atoms with Gasteiger partial charge in [-0.1, -0.05) is 91.0 Å². The van der Waals surface area contributed by atoms with Crippen LogP contribution in [-0.2, 0) is 49.3 Å². The summed E-state index contributed by atoms with van der Waals surface area (Å²) in [7, 11) is -4.18. The Hall–Kier alpha value is -4.77. The van der Waals surface area contributed by atoms with Crippen molar-refractivity contribution in [2.75, 3.05) is 66.3 Å². The summed E-state index contributed by atoms with van der Waals surface area (Å²) in [6.45, 7) is 16.0. The Bertz CT molecular complexity index is 2880. The lowest BCUT2D eigenvalue weighted by atomic mass is 9.80. The number of allylic oxidation sites excluding steroid dienone is 9. The van der Waals surface area contributed by atoms with E-state index in [1.54, 1.807) is 11.0 Å². The molecule has 0 bridgehead atoms. The molecule has 0 unspecified atom stereocenters. The number of amides is 2. The maximum absolute atomic E-state index is 12.8. The molecule has 3 heterocycles. The highest BCUT2D eigenvalue weighted by Gasteiger charge is 2.45. The minimum absolute atomic E-state index is 0.0276. The van der Waals surface area contributed by atoms with E-state index in [9.17, 15) is 22.6 Å². The first kappa shape index (κ1) is 58.9. The van der Waals surface area contributed by atoms with E-state index in [0.29, 0.717) is 61.4 Å². The van der Waals surface area contributed by atoms with Gasteiger partial charge >= 0.3 is 0 Å². The molecule has 76 heavy (non-hydrogen) atoms. The predicted octanol–water partition coefficient (Wildman–Crippen LogP) is 11.6. The number of carbonyl (C=O) groups is 2. The molecule has 1 aliphatic carbocycles. The third kappa shape index (κ3) is 14.7. The van der Waals surface area contributed by atoms with Gasteiger partial charge in [0.2, 0.25) is 11.6 Å². The molecule has 0 aromatic heterocycles. The minimum Gasteiger partial charge on any atom is -0.371 e. The summed E-state index contributed by atoms with van der Waals surface area (Å²) < 4.78 is 44.9. The van der Waals surface area contributed by atoms with Crippen molar-refractivity contribution in [3.05, 3.63) is 136 Å². The second-order valence-electron chi connectivity index (χ2n) is 20.3. The molecule has 16 nitrogen and oxygen atoms in total. The average Bonchev–Trinajstić information content (AvgIpc) is 3.93. The number of benzene rings is 3. The first-order valence-electron chi connectivity index (χ1n) is 25.9. The maximum atomic E-state index is 12.8. The normalized spacial score (nSPS) is 18.2. The van der Waals surface area contributed by atoms with Crippen molar-refractivity contribution in [1.29, 1.82) is 0 Å². The topological polar surface area (TPSA) is 191 Å². The molecule has 410 valence electrons. The lowest BCUT2D eigenvalue weighted by molar-refractivity contribution is -0.437. The second kappa shape index (κ2) is 27.2. The first-order valence-corrected chi connectivity index (χ1v) is 29.7. The van der Waals surface area contributed by atoms with Crippen molar-refractivity contribution in [3.63, 3.8) is 0 Å². The molecular weight excluding hydrogens is 1050 g/mol. The fourth-order valence-electron chi connectivity index (χ4n) is 10.8. The molecule has 0 radical (unpaired) electrons. The van der Waals surface area contributed by atoms with E-state index in [2.05, 4.69) is 152 Å². The van der Waals surface area contributed by atoms with Crippen molar-refractivity contribution in [3.8, 4) is 0 Å². The van der Waals surface area contributed by atoms with Crippen molar-refractivity contribution in [2.45, 2.75) is 103 Å². The number of unbranched alkanes of at least 4 members (excludes halogenated alkanes) is 2. The summed E-state index contributed by atoms with van der Waals surface area (Å²) in [6.07, 6.45) is 18.9. The van der Waals surface area contributed by atoms with Crippen LogP contribution in [0.25, 0.3) is 10.8 Å². The molecule has 4 N–H and O–H groups in total. The van der Waals surface area contributed by atoms with Crippen LogP contribution in [0, 0.1) is 0 Å². The zero-order valence-corrected chi connectivity index (χ0v) is 47.0. The average molecular weight is 1120 g/mol. The Morgan fingerprint density at radius 3 is 2.32 bits per heavy atom. The van der Waals surface area contributed by atoms with E-state index in [1.807, 2.05) is 0 Å². The first-order chi connectivity index (χ1) is 36.5. The Morgan fingerprint density at radius 2 is 1.62 bits per heavy atom. The van der Waals surface area contributed by atoms with E-state index < -0.39 is 15.5 Å². The van der Waals surface area contributed by atoms with Crippen LogP contribution in [0.1, 0.15) is 103 Å². The zero-order chi connectivity index (χ0) is 54.5. The fourth-order valence-corrected chi connectivity index (χ4v) is 12.4. The van der Waals surface area contributed by atoms with Gasteiger partial charge in [-0.3, -0.25) is 14.1 Å². The molecule has 0 spiro atoms. The van der Waals surface area contributed by atoms with Gasteiger partial charge in [0.25, 0.3) is 16.0 Å². The highest BCUT2D eigenvalue weighted by molar-refractivity contribution is 7.94. The molecule has 0 atom stereocenters. The second-order valence-corrected chi connectivity index (χ2v) is 23.8. The third-order valence-corrected chi connectivity index (χ3v) is 17.1. The largest absolute Gasteiger partial charge is 0.371 e. The van der Waals surface area contributed by atoms with Crippen LogP contribution in [0.4, 0.5) is 17.1 Å². The van der Waals surface area contributed by atoms with Gasteiger partial charge in [-0.05, 0) is 117 Å². The van der Waals surface area contributed by atoms with E-state index in [0.717, 1.165) is 116 Å². The number of fused-ring (bicyclic) bond motifs is 4. The molecular formula is C56H71ClN5O11S3+. The summed E-state index contributed by atoms with van der Waals surface area (Å²) >= 11 is 9.42. The van der Waals surface area contributed by atoms with E-state index in [1.165, 1.54) is 33.8 Å². The number of anilines is 2. The van der Waals surface area contributed by atoms with Gasteiger partial charge in [0, 0.05) is 138 Å². The number of hydrogen-bond donors (Lipinski definition) is 4. The molecule has 20 heteroatoms. The van der Waals surface area contributed by atoms with Gasteiger partial charge in [-0.15, -0.1) is 8.67 Å². The van der Waals surface area contributed by atoms with Crippen molar-refractivity contribution >= 4 is 91.2 Å². The third-order valence-electron chi connectivity index (χ3n) is 14.6. The van der Waals surface area contributed by atoms with Crippen molar-refractivity contribution in [2.24, 2.45) is 0 Å². The van der Waals surface area contributed by atoms with E-state index in [-0.39, 0.29) is 29.4 Å². The lowest BCUT2D eigenvalue weighted by Crippen LogP contribution is -2.34. The van der Waals surface area contributed by atoms with Crippen molar-refractivity contribution in [1.82, 2.24) is 10.2 Å². The molecule has 4 aliphatic rings. The van der Waals surface area contributed by atoms with Crippen LogP contribution in [0.15, 0.2) is 125 Å². The highest BCUT2D eigenvalue weighted by atomic mass is 35.5. The molecule has 3 aromatic carbocycles. The molecule has 3 aromatic rings. The number of nitrogens with zero attached hydrogens (tertiary/aromatic N) is 4. The van der Waals surface area contributed by atoms with Crippen LogP contribution in [0.5, 0.6) is 0 Å². The van der Waals surface area contributed by atoms with Crippen molar-refractivity contribution < 1.29 is 56.4 Å². The van der Waals surface area contributed by atoms with Gasteiger partial charge in [0.15, 0.2) is 5.71 Å². The number of rotatable bonds is 29. The summed E-state index contributed by atoms with van der Waals surface area (Å²) in [4.78, 5) is 31.0. The molecule has 7 rings (SSSR count). The summed E-state index contributed by atoms with van der Waals surface area (Å²) in [5, 5.41) is 30.8. The summed E-state index contributed by atoms with van der Waals surface area (Å²) in [6, 6.07) is 19.3. The van der Waals surface area contributed by atoms with Crippen LogP contribution < -0.4 is 15.1 Å². The van der Waals surface area contributed by atoms with Gasteiger partial charge in [0.1, 0.15) is 6.54 Å². The van der Waals surface area contributed by atoms with Gasteiger partial charge in [0.05, 0.1) is 11.2 Å². The zero-order valence-electron chi connectivity index (χ0n) is 43.8. The van der Waals surface area contributed by atoms with Gasteiger partial charge in [-0.25, -0.2) is 10.5 Å². The SMILES string of the molecule is C=C1C=CC(=O)N1CCNC(=O)CCCCCN1/C(=C/C=C2\CCCC(/C=C/C3=[N+](CCCS(=O)(=O)O)c4ccc(N(CCCSOOO)CCCSOOO)cc4C3(C)C)=C2Cl)C(C)(C)c2c1ccc1ccccc21. The lowest BCUT2D eigenvalue weighted by Gasteiger charge is -2.27. The Kier molecular flexibility index (Phi) is 21.1. The number of halogens is 1. The molecule has 0 fully saturated rings. The number of carbonyl (C=O) groups excluding carboxylic acids is 2.